The minimum atomic E-state index is -0.198. The highest BCUT2D eigenvalue weighted by atomic mass is 16.3. The summed E-state index contributed by atoms with van der Waals surface area (Å²) in [7, 11) is 0. The van der Waals surface area contributed by atoms with Crippen LogP contribution in [0.15, 0.2) is 120 Å². The number of hydrogen-bond acceptors (Lipinski definition) is 3. The van der Waals surface area contributed by atoms with Gasteiger partial charge in [-0.05, 0) is 228 Å². The molecule has 0 saturated heterocycles. The molecule has 0 atom stereocenters. The van der Waals surface area contributed by atoms with Crippen molar-refractivity contribution >= 4 is 90.2 Å². The molecule has 0 bridgehead atoms. The van der Waals surface area contributed by atoms with Crippen LogP contribution in [-0.4, -0.2) is 11.3 Å². The predicted octanol–water partition coefficient (Wildman–Crippen LogP) is 20.4. The van der Waals surface area contributed by atoms with Crippen molar-refractivity contribution in [3.05, 3.63) is 165 Å². The van der Waals surface area contributed by atoms with E-state index in [9.17, 15) is 0 Å². The van der Waals surface area contributed by atoms with Crippen LogP contribution >= 0.6 is 0 Å². The Morgan fingerprint density at radius 2 is 0.869 bits per heavy atom. The normalized spacial score (nSPS) is 19.5. The molecule has 84 heavy (non-hydrogen) atoms. The van der Waals surface area contributed by atoms with E-state index in [4.69, 9.17) is 4.42 Å². The van der Waals surface area contributed by atoms with Crippen molar-refractivity contribution in [2.45, 2.75) is 226 Å². The van der Waals surface area contributed by atoms with Gasteiger partial charge in [-0.1, -0.05) is 175 Å². The number of benzene rings is 7. The van der Waals surface area contributed by atoms with Gasteiger partial charge in [0.05, 0.1) is 28.1 Å². The van der Waals surface area contributed by atoms with Crippen LogP contribution in [0.5, 0.6) is 0 Å². The predicted molar refractivity (Wildman–Crippen MR) is 362 cm³/mol. The topological polar surface area (TPSA) is 24.6 Å². The number of hydrogen-bond donors (Lipinski definition) is 0. The van der Waals surface area contributed by atoms with E-state index in [0.29, 0.717) is 5.92 Å². The van der Waals surface area contributed by atoms with Crippen molar-refractivity contribution in [1.82, 2.24) is 4.57 Å². The summed E-state index contributed by atoms with van der Waals surface area (Å²) in [6.07, 6.45) is 6.90. The number of furan rings is 1. The summed E-state index contributed by atoms with van der Waals surface area (Å²) in [5.41, 5.74) is 28.3. The van der Waals surface area contributed by atoms with Crippen molar-refractivity contribution in [2.75, 3.05) is 9.80 Å². The Hall–Kier alpha value is -6.46. The summed E-state index contributed by atoms with van der Waals surface area (Å²) in [6, 6.07) is 47.4. The van der Waals surface area contributed by atoms with Crippen LogP contribution in [0.4, 0.5) is 34.1 Å². The second kappa shape index (κ2) is 17.6. The first-order valence-electron chi connectivity index (χ1n) is 32.1. The Morgan fingerprint density at radius 3 is 1.40 bits per heavy atom. The number of anilines is 6. The molecule has 4 heterocycles. The van der Waals surface area contributed by atoms with Crippen LogP contribution in [0.1, 0.15) is 233 Å². The van der Waals surface area contributed by atoms with Gasteiger partial charge in [0, 0.05) is 44.6 Å². The molecule has 0 radical (unpaired) electrons. The highest BCUT2D eigenvalue weighted by molar-refractivity contribution is 7.00. The molecule has 5 heteroatoms. The molecule has 2 aromatic heterocycles. The molecule has 0 amide bonds. The van der Waals surface area contributed by atoms with Gasteiger partial charge in [-0.25, -0.2) is 0 Å². The average Bonchev–Trinajstić information content (AvgIpc) is 1.29. The molecule has 14 rings (SSSR count). The van der Waals surface area contributed by atoms with E-state index in [2.05, 4.69) is 268 Å². The number of rotatable bonds is 4. The van der Waals surface area contributed by atoms with E-state index >= 15 is 0 Å². The van der Waals surface area contributed by atoms with Gasteiger partial charge in [0.1, 0.15) is 5.58 Å². The van der Waals surface area contributed by atoms with Gasteiger partial charge >= 0.3 is 0 Å². The second-order valence-corrected chi connectivity index (χ2v) is 33.2. The molecule has 5 aliphatic rings. The fraction of sp³-hybridized carbons (Fsp3) is 0.443. The van der Waals surface area contributed by atoms with Crippen LogP contribution in [0.25, 0.3) is 38.5 Å². The van der Waals surface area contributed by atoms with E-state index in [1.54, 1.807) is 0 Å². The van der Waals surface area contributed by atoms with Gasteiger partial charge < -0.3 is 18.8 Å². The molecule has 7 aromatic carbocycles. The molecule has 0 saturated carbocycles. The zero-order chi connectivity index (χ0) is 59.7. The van der Waals surface area contributed by atoms with Crippen molar-refractivity contribution in [2.24, 2.45) is 0 Å². The van der Waals surface area contributed by atoms with Gasteiger partial charge in [-0.15, -0.1) is 0 Å². The molecule has 0 unspecified atom stereocenters. The first kappa shape index (κ1) is 55.4. The molecule has 2 aliphatic heterocycles. The Labute approximate surface area is 503 Å². The zero-order valence-corrected chi connectivity index (χ0v) is 54.6. The Morgan fingerprint density at radius 1 is 0.417 bits per heavy atom. The van der Waals surface area contributed by atoms with Crippen molar-refractivity contribution in [3.8, 4) is 5.69 Å². The lowest BCUT2D eigenvalue weighted by atomic mass is 9.35. The minimum Gasteiger partial charge on any atom is -0.468 e. The van der Waals surface area contributed by atoms with Crippen LogP contribution in [0, 0.1) is 0 Å². The highest BCUT2D eigenvalue weighted by Gasteiger charge is 2.50. The smallest absolute Gasteiger partial charge is 0.297 e. The summed E-state index contributed by atoms with van der Waals surface area (Å²) in [6.45, 7) is 48.2. The SMILES string of the molecule is CC(C)c1ccc2c(c1)c1cc(C(C)(C)C)ccc1n2-c1cc2c3c(c1)N(c1ccc4c(c1)C(C)(C)CCC4(C)C)c1c(oc4cc5c(cc14)C(C)(C)CCC5(C)C)B3c1cc(C(C)(C)C)ccc1N2c1ccc2c(c1)C(C)(C)CCC2(C)C. The van der Waals surface area contributed by atoms with Gasteiger partial charge in [0.2, 0.25) is 0 Å². The lowest BCUT2D eigenvalue weighted by Crippen LogP contribution is -2.61. The first-order chi connectivity index (χ1) is 39.2. The van der Waals surface area contributed by atoms with Gasteiger partial charge in [-0.2, -0.15) is 0 Å². The summed E-state index contributed by atoms with van der Waals surface area (Å²) in [5, 5.41) is 3.81. The van der Waals surface area contributed by atoms with Crippen molar-refractivity contribution in [1.29, 1.82) is 0 Å². The van der Waals surface area contributed by atoms with Gasteiger partial charge in [0.25, 0.3) is 6.71 Å². The van der Waals surface area contributed by atoms with Crippen LogP contribution in [-0.2, 0) is 43.3 Å². The fourth-order valence-electron chi connectivity index (χ4n) is 16.2. The second-order valence-electron chi connectivity index (χ2n) is 33.2. The highest BCUT2D eigenvalue weighted by Crippen LogP contribution is 2.56. The third-order valence-electron chi connectivity index (χ3n) is 22.3. The molecule has 0 N–H and O–H groups in total. The summed E-state index contributed by atoms with van der Waals surface area (Å²) >= 11 is 0. The van der Waals surface area contributed by atoms with E-state index in [0.717, 1.165) is 42.6 Å². The minimum absolute atomic E-state index is 0.000599. The molecule has 3 aliphatic carbocycles. The van der Waals surface area contributed by atoms with E-state index in [-0.39, 0.29) is 50.0 Å². The van der Waals surface area contributed by atoms with Crippen LogP contribution in [0.2, 0.25) is 0 Å². The molecule has 0 fully saturated rings. The maximum Gasteiger partial charge on any atom is 0.297 e. The maximum absolute atomic E-state index is 7.88. The van der Waals surface area contributed by atoms with E-state index in [1.165, 1.54) is 135 Å². The van der Waals surface area contributed by atoms with Crippen LogP contribution in [0.3, 0.4) is 0 Å². The summed E-state index contributed by atoms with van der Waals surface area (Å²) in [5.74, 6) is 0.394. The van der Waals surface area contributed by atoms with Crippen molar-refractivity contribution < 1.29 is 4.42 Å². The third kappa shape index (κ3) is 8.11. The molecule has 9 aromatic rings. The summed E-state index contributed by atoms with van der Waals surface area (Å²) < 4.78 is 10.5. The maximum atomic E-state index is 7.88. The number of nitrogens with zero attached hydrogens (tertiary/aromatic N) is 3. The lowest BCUT2D eigenvalue weighted by molar-refractivity contribution is 0.332. The monoisotopic (exact) mass is 1110 g/mol. The summed E-state index contributed by atoms with van der Waals surface area (Å²) in [4.78, 5) is 5.37. The quantitative estimate of drug-likeness (QED) is 0.164. The Kier molecular flexibility index (Phi) is 11.6. The fourth-order valence-corrected chi connectivity index (χ4v) is 16.2. The molecule has 4 nitrogen and oxygen atoms in total. The van der Waals surface area contributed by atoms with E-state index in [1.807, 2.05) is 0 Å². The Bertz CT molecular complexity index is 4280. The van der Waals surface area contributed by atoms with Crippen molar-refractivity contribution in [3.63, 3.8) is 0 Å². The standard InChI is InChI=1S/C79H92BN3O/c1-46(2)47-21-28-63-53(37-47)54-38-48(72(3,4)5)22-29-64(54)82(63)52-42-66-69-67(43-52)83(51-25-27-57-59(41-51)77(15,16)34-32-75(57,11)12)70-55-44-60-61(79(19,20)36-35-78(60,17)18)45-68(55)84-71(70)80(69)62-39-49(73(6,7)8)23-30-65(62)81(66)50-24-26-56-58(40-50)76(13,14)33-31-74(56,9)10/h21-30,37-46H,31-36H2,1-20H3. The lowest BCUT2D eigenvalue weighted by Gasteiger charge is -2.45. The Balaban J connectivity index is 1.17. The molecular weight excluding hydrogens is 1020 g/mol. The average molecular weight is 1110 g/mol. The number of fused-ring (bicyclic) bond motifs is 12. The van der Waals surface area contributed by atoms with Crippen LogP contribution < -0.4 is 26.4 Å². The number of aromatic nitrogens is 1. The van der Waals surface area contributed by atoms with Gasteiger partial charge in [-0.3, -0.25) is 0 Å². The zero-order valence-electron chi connectivity index (χ0n) is 54.6. The molecular formula is C79H92BN3O. The third-order valence-corrected chi connectivity index (χ3v) is 22.3. The molecule has 0 spiro atoms. The first-order valence-corrected chi connectivity index (χ1v) is 32.1. The van der Waals surface area contributed by atoms with E-state index < -0.39 is 0 Å². The largest absolute Gasteiger partial charge is 0.468 e. The van der Waals surface area contributed by atoms with Gasteiger partial charge in [0.15, 0.2) is 0 Å². The molecule has 432 valence electrons.